The van der Waals surface area contributed by atoms with Crippen LogP contribution in [0, 0.1) is 0 Å². The first-order chi connectivity index (χ1) is 9.02. The second-order valence-electron chi connectivity index (χ2n) is 5.35. The Bertz CT molecular complexity index is 327. The maximum absolute atomic E-state index is 10.1. The third-order valence-electron chi connectivity index (χ3n) is 3.25. The molecule has 1 rings (SSSR count). The minimum absolute atomic E-state index is 0.170. The Kier molecular flexibility index (Phi) is 7.61. The van der Waals surface area contributed by atoms with Crippen molar-refractivity contribution in [3.63, 3.8) is 0 Å². The van der Waals surface area contributed by atoms with Gasteiger partial charge in [0, 0.05) is 19.1 Å². The molecule has 0 fully saturated rings. The molecule has 2 unspecified atom stereocenters. The van der Waals surface area contributed by atoms with Gasteiger partial charge in [0.25, 0.3) is 0 Å². The lowest BCUT2D eigenvalue weighted by atomic mass is 10.1. The molecular weight excluding hydrogens is 258 g/mol. The second-order valence-corrected chi connectivity index (χ2v) is 6.13. The molecule has 0 aliphatic carbocycles. The van der Waals surface area contributed by atoms with E-state index in [1.54, 1.807) is 11.3 Å². The van der Waals surface area contributed by atoms with Crippen LogP contribution in [0.3, 0.4) is 0 Å². The maximum Gasteiger partial charge on any atom is 0.0900 e. The third-order valence-corrected chi connectivity index (χ3v) is 3.98. The summed E-state index contributed by atoms with van der Waals surface area (Å²) in [6.45, 7) is 10.3. The van der Waals surface area contributed by atoms with Crippen molar-refractivity contribution in [1.29, 1.82) is 0 Å². The number of rotatable bonds is 9. The van der Waals surface area contributed by atoms with Crippen LogP contribution in [-0.2, 0) is 11.3 Å². The van der Waals surface area contributed by atoms with E-state index in [0.29, 0.717) is 19.2 Å². The van der Waals surface area contributed by atoms with Crippen LogP contribution in [0.15, 0.2) is 16.8 Å². The zero-order valence-electron chi connectivity index (χ0n) is 12.5. The van der Waals surface area contributed by atoms with E-state index in [1.165, 1.54) is 5.56 Å². The maximum atomic E-state index is 10.1. The summed E-state index contributed by atoms with van der Waals surface area (Å²) in [5, 5.41) is 14.4. The molecule has 1 heterocycles. The number of thiophene rings is 1. The summed E-state index contributed by atoms with van der Waals surface area (Å²) in [5.41, 5.74) is 1.32. The van der Waals surface area contributed by atoms with Crippen LogP contribution in [0.1, 0.15) is 39.7 Å². The summed E-state index contributed by atoms with van der Waals surface area (Å²) in [7, 11) is 0. The molecule has 0 aromatic carbocycles. The predicted octanol–water partition coefficient (Wildman–Crippen LogP) is 3.13. The zero-order chi connectivity index (χ0) is 14.3. The summed E-state index contributed by atoms with van der Waals surface area (Å²) in [4.78, 5) is 2.33. The van der Waals surface area contributed by atoms with E-state index in [-0.39, 0.29) is 6.10 Å². The Labute approximate surface area is 121 Å². The fourth-order valence-corrected chi connectivity index (χ4v) is 2.56. The zero-order valence-corrected chi connectivity index (χ0v) is 13.3. The second kappa shape index (κ2) is 8.69. The molecule has 0 aliphatic rings. The predicted molar refractivity (Wildman–Crippen MR) is 81.6 cm³/mol. The number of nitrogens with zero attached hydrogens (tertiary/aromatic N) is 1. The van der Waals surface area contributed by atoms with Gasteiger partial charge in [0.05, 0.1) is 18.8 Å². The highest BCUT2D eigenvalue weighted by atomic mass is 32.1. The number of aliphatic hydroxyl groups excluding tert-OH is 1. The topological polar surface area (TPSA) is 32.7 Å². The van der Waals surface area contributed by atoms with Crippen LogP contribution in [0.25, 0.3) is 0 Å². The smallest absolute Gasteiger partial charge is 0.0900 e. The first kappa shape index (κ1) is 16.6. The van der Waals surface area contributed by atoms with E-state index >= 15 is 0 Å². The summed E-state index contributed by atoms with van der Waals surface area (Å²) >= 11 is 1.72. The third kappa shape index (κ3) is 6.52. The SMILES string of the molecule is CCC(C)N(Cc1ccsc1)CC(O)COC(C)C. The summed E-state index contributed by atoms with van der Waals surface area (Å²) in [6, 6.07) is 2.62. The summed E-state index contributed by atoms with van der Waals surface area (Å²) in [5.74, 6) is 0. The van der Waals surface area contributed by atoms with Gasteiger partial charge in [0.2, 0.25) is 0 Å². The Morgan fingerprint density at radius 3 is 2.63 bits per heavy atom. The fraction of sp³-hybridized carbons (Fsp3) is 0.733. The molecule has 0 saturated heterocycles. The van der Waals surface area contributed by atoms with Gasteiger partial charge in [-0.1, -0.05) is 6.92 Å². The van der Waals surface area contributed by atoms with Crippen LogP contribution < -0.4 is 0 Å². The summed E-state index contributed by atoms with van der Waals surface area (Å²) in [6.07, 6.45) is 0.834. The molecule has 1 N–H and O–H groups in total. The fourth-order valence-electron chi connectivity index (χ4n) is 1.90. The number of hydrogen-bond acceptors (Lipinski definition) is 4. The first-order valence-corrected chi connectivity index (χ1v) is 8.02. The highest BCUT2D eigenvalue weighted by Gasteiger charge is 2.17. The lowest BCUT2D eigenvalue weighted by Crippen LogP contribution is -2.40. The van der Waals surface area contributed by atoms with Crippen LogP contribution in [-0.4, -0.2) is 41.4 Å². The van der Waals surface area contributed by atoms with Gasteiger partial charge in [-0.05, 0) is 49.6 Å². The van der Waals surface area contributed by atoms with Crippen LogP contribution in [0.5, 0.6) is 0 Å². The molecule has 3 nitrogen and oxygen atoms in total. The number of aliphatic hydroxyl groups is 1. The van der Waals surface area contributed by atoms with Gasteiger partial charge in [0.1, 0.15) is 0 Å². The molecule has 0 radical (unpaired) electrons. The Hall–Kier alpha value is -0.420. The van der Waals surface area contributed by atoms with Gasteiger partial charge in [-0.2, -0.15) is 11.3 Å². The highest BCUT2D eigenvalue weighted by Crippen LogP contribution is 2.14. The van der Waals surface area contributed by atoms with Crippen LogP contribution in [0.4, 0.5) is 0 Å². The van der Waals surface area contributed by atoms with Gasteiger partial charge in [0.15, 0.2) is 0 Å². The molecule has 0 saturated carbocycles. The number of hydrogen-bond donors (Lipinski definition) is 1. The lowest BCUT2D eigenvalue weighted by molar-refractivity contribution is -0.0149. The molecule has 0 bridgehead atoms. The van der Waals surface area contributed by atoms with E-state index in [0.717, 1.165) is 13.0 Å². The Morgan fingerprint density at radius 1 is 1.37 bits per heavy atom. The van der Waals surface area contributed by atoms with Crippen molar-refractivity contribution >= 4 is 11.3 Å². The van der Waals surface area contributed by atoms with Gasteiger partial charge in [-0.15, -0.1) is 0 Å². The minimum atomic E-state index is -0.421. The van der Waals surface area contributed by atoms with Crippen LogP contribution >= 0.6 is 11.3 Å². The van der Waals surface area contributed by atoms with Crippen molar-refractivity contribution in [2.24, 2.45) is 0 Å². The van der Waals surface area contributed by atoms with Gasteiger partial charge in [-0.25, -0.2) is 0 Å². The van der Waals surface area contributed by atoms with Crippen LogP contribution in [0.2, 0.25) is 0 Å². The molecule has 0 spiro atoms. The van der Waals surface area contributed by atoms with Gasteiger partial charge < -0.3 is 9.84 Å². The van der Waals surface area contributed by atoms with Gasteiger partial charge in [-0.3, -0.25) is 4.90 Å². The normalized spacial score (nSPS) is 15.1. The minimum Gasteiger partial charge on any atom is -0.389 e. The van der Waals surface area contributed by atoms with Crippen molar-refractivity contribution in [2.75, 3.05) is 13.2 Å². The molecule has 0 amide bonds. The van der Waals surface area contributed by atoms with Crippen molar-refractivity contribution in [2.45, 2.75) is 58.9 Å². The average molecular weight is 285 g/mol. The monoisotopic (exact) mass is 285 g/mol. The van der Waals surface area contributed by atoms with Crippen molar-refractivity contribution in [3.8, 4) is 0 Å². The summed E-state index contributed by atoms with van der Waals surface area (Å²) < 4.78 is 5.48. The highest BCUT2D eigenvalue weighted by molar-refractivity contribution is 7.07. The van der Waals surface area contributed by atoms with Crippen molar-refractivity contribution in [1.82, 2.24) is 4.90 Å². The Morgan fingerprint density at radius 2 is 2.11 bits per heavy atom. The molecule has 2 atom stereocenters. The van der Waals surface area contributed by atoms with E-state index in [2.05, 4.69) is 35.6 Å². The first-order valence-electron chi connectivity index (χ1n) is 7.07. The molecule has 110 valence electrons. The van der Waals surface area contributed by atoms with E-state index < -0.39 is 6.10 Å². The molecule has 19 heavy (non-hydrogen) atoms. The molecule has 0 aliphatic heterocycles. The number of ether oxygens (including phenoxy) is 1. The van der Waals surface area contributed by atoms with Crippen molar-refractivity contribution < 1.29 is 9.84 Å². The quantitative estimate of drug-likeness (QED) is 0.756. The molecule has 4 heteroatoms. The Balaban J connectivity index is 2.49. The van der Waals surface area contributed by atoms with Crippen molar-refractivity contribution in [3.05, 3.63) is 22.4 Å². The standard InChI is InChI=1S/C15H27NO2S/c1-5-13(4)16(8-14-6-7-19-11-14)9-15(17)10-18-12(2)3/h6-7,11-13,15,17H,5,8-10H2,1-4H3. The average Bonchev–Trinajstić information content (AvgIpc) is 2.87. The van der Waals surface area contributed by atoms with E-state index in [9.17, 15) is 5.11 Å². The van der Waals surface area contributed by atoms with Gasteiger partial charge >= 0.3 is 0 Å². The van der Waals surface area contributed by atoms with E-state index in [1.807, 2.05) is 13.8 Å². The molecule has 1 aromatic rings. The lowest BCUT2D eigenvalue weighted by Gasteiger charge is -2.30. The molecule has 1 aromatic heterocycles. The largest absolute Gasteiger partial charge is 0.389 e. The van der Waals surface area contributed by atoms with E-state index in [4.69, 9.17) is 4.74 Å². The molecular formula is C15H27NO2S.